The molecule has 0 spiro atoms. The Morgan fingerprint density at radius 1 is 0.944 bits per heavy atom. The van der Waals surface area contributed by atoms with Crippen LogP contribution in [-0.2, 0) is 0 Å². The molecule has 0 amide bonds. The van der Waals surface area contributed by atoms with Gasteiger partial charge in [-0.3, -0.25) is 0 Å². The topological polar surface area (TPSA) is 38.0 Å². The van der Waals surface area contributed by atoms with Crippen molar-refractivity contribution in [1.29, 1.82) is 0 Å². The highest BCUT2D eigenvalue weighted by molar-refractivity contribution is 4.93. The monoisotopic (exact) mass is 252 g/mol. The average Bonchev–Trinajstić information content (AvgIpc) is 2.70. The minimum atomic E-state index is 0.456. The van der Waals surface area contributed by atoms with Crippen LogP contribution >= 0.6 is 0 Å². The Hall–Kier alpha value is -0.0800. The molecule has 2 saturated carbocycles. The predicted octanol–water partition coefficient (Wildman–Crippen LogP) is 3.31. The average molecular weight is 252 g/mol. The highest BCUT2D eigenvalue weighted by atomic mass is 14.9. The lowest BCUT2D eigenvalue weighted by Gasteiger charge is -2.42. The number of nitrogens with two attached hydrogens (primary N) is 1. The van der Waals surface area contributed by atoms with Crippen molar-refractivity contribution >= 4 is 0 Å². The summed E-state index contributed by atoms with van der Waals surface area (Å²) in [5, 5.41) is 3.79. The summed E-state index contributed by atoms with van der Waals surface area (Å²) in [6.45, 7) is 7.99. The molecule has 0 saturated heterocycles. The van der Waals surface area contributed by atoms with Gasteiger partial charge in [0, 0.05) is 13.1 Å². The van der Waals surface area contributed by atoms with Crippen LogP contribution in [0.25, 0.3) is 0 Å². The molecule has 2 aliphatic carbocycles. The summed E-state index contributed by atoms with van der Waals surface area (Å²) in [6, 6.07) is 0. The summed E-state index contributed by atoms with van der Waals surface area (Å²) in [5.41, 5.74) is 7.00. The van der Waals surface area contributed by atoms with Crippen LogP contribution < -0.4 is 11.1 Å². The van der Waals surface area contributed by atoms with Crippen molar-refractivity contribution in [2.24, 2.45) is 22.5 Å². The van der Waals surface area contributed by atoms with Crippen LogP contribution in [0.5, 0.6) is 0 Å². The van der Waals surface area contributed by atoms with Gasteiger partial charge in [0.2, 0.25) is 0 Å². The number of hydrogen-bond donors (Lipinski definition) is 2. The second-order valence-corrected chi connectivity index (χ2v) is 7.47. The van der Waals surface area contributed by atoms with E-state index in [0.29, 0.717) is 10.8 Å². The Kier molecular flexibility index (Phi) is 4.71. The van der Waals surface area contributed by atoms with Crippen molar-refractivity contribution in [3.63, 3.8) is 0 Å². The molecule has 2 nitrogen and oxygen atoms in total. The fraction of sp³-hybridized carbons (Fsp3) is 1.00. The Bertz CT molecular complexity index is 244. The van der Waals surface area contributed by atoms with E-state index in [9.17, 15) is 0 Å². The van der Waals surface area contributed by atoms with E-state index in [2.05, 4.69) is 19.2 Å². The summed E-state index contributed by atoms with van der Waals surface area (Å²) in [7, 11) is 0. The van der Waals surface area contributed by atoms with Crippen molar-refractivity contribution in [1.82, 2.24) is 5.32 Å². The van der Waals surface area contributed by atoms with Crippen molar-refractivity contribution < 1.29 is 0 Å². The van der Waals surface area contributed by atoms with Gasteiger partial charge < -0.3 is 11.1 Å². The molecule has 0 heterocycles. The van der Waals surface area contributed by atoms with Crippen LogP contribution in [-0.4, -0.2) is 19.6 Å². The fourth-order valence-corrected chi connectivity index (χ4v) is 4.17. The molecule has 2 fully saturated rings. The summed E-state index contributed by atoms with van der Waals surface area (Å²) in [6.07, 6.45) is 11.2. The molecule has 2 heteroatoms. The minimum Gasteiger partial charge on any atom is -0.330 e. The highest BCUT2D eigenvalue weighted by Gasteiger charge is 2.37. The van der Waals surface area contributed by atoms with Crippen LogP contribution in [0.15, 0.2) is 0 Å². The first-order valence-corrected chi connectivity index (χ1v) is 8.01. The van der Waals surface area contributed by atoms with Gasteiger partial charge in [-0.2, -0.15) is 0 Å². The summed E-state index contributed by atoms with van der Waals surface area (Å²) >= 11 is 0. The summed E-state index contributed by atoms with van der Waals surface area (Å²) < 4.78 is 0. The molecule has 0 unspecified atom stereocenters. The van der Waals surface area contributed by atoms with Gasteiger partial charge in [0.1, 0.15) is 0 Å². The van der Waals surface area contributed by atoms with E-state index >= 15 is 0 Å². The van der Waals surface area contributed by atoms with Crippen LogP contribution in [0.3, 0.4) is 0 Å². The maximum absolute atomic E-state index is 5.94. The molecular formula is C16H32N2. The third kappa shape index (κ3) is 3.27. The van der Waals surface area contributed by atoms with Gasteiger partial charge in [-0.25, -0.2) is 0 Å². The van der Waals surface area contributed by atoms with Gasteiger partial charge in [-0.15, -0.1) is 0 Å². The molecular weight excluding hydrogens is 220 g/mol. The summed E-state index contributed by atoms with van der Waals surface area (Å²) in [5.74, 6) is 0.831. The fourth-order valence-electron chi connectivity index (χ4n) is 4.17. The molecule has 0 bridgehead atoms. The first kappa shape index (κ1) is 14.3. The normalized spacial score (nSPS) is 25.3. The standard InChI is InChI=1S/C16H32N2/c1-14(2)10-15(6-3-4-7-15)12-18-13-16(11-17)8-5-9-16/h14,18H,3-13,17H2,1-2H3. The molecule has 18 heavy (non-hydrogen) atoms. The van der Waals surface area contributed by atoms with Gasteiger partial charge in [0.15, 0.2) is 0 Å². The Morgan fingerprint density at radius 2 is 1.50 bits per heavy atom. The van der Waals surface area contributed by atoms with E-state index in [1.807, 2.05) is 0 Å². The molecule has 0 atom stereocenters. The van der Waals surface area contributed by atoms with Crippen molar-refractivity contribution in [3.8, 4) is 0 Å². The zero-order chi connectivity index (χ0) is 13.1. The quantitative estimate of drug-likeness (QED) is 0.729. The van der Waals surface area contributed by atoms with E-state index < -0.39 is 0 Å². The Labute approximate surface area is 113 Å². The smallest absolute Gasteiger partial charge is 0.00201 e. The van der Waals surface area contributed by atoms with Crippen molar-refractivity contribution in [2.45, 2.75) is 65.2 Å². The zero-order valence-electron chi connectivity index (χ0n) is 12.4. The second-order valence-electron chi connectivity index (χ2n) is 7.47. The summed E-state index contributed by atoms with van der Waals surface area (Å²) in [4.78, 5) is 0. The number of nitrogens with one attached hydrogen (secondary N) is 1. The molecule has 2 aliphatic rings. The van der Waals surface area contributed by atoms with Gasteiger partial charge in [-0.1, -0.05) is 33.1 Å². The van der Waals surface area contributed by atoms with E-state index in [1.54, 1.807) is 0 Å². The Morgan fingerprint density at radius 3 is 1.94 bits per heavy atom. The second kappa shape index (κ2) is 5.92. The van der Waals surface area contributed by atoms with Gasteiger partial charge >= 0.3 is 0 Å². The molecule has 0 aromatic rings. The maximum Gasteiger partial charge on any atom is 0.00201 e. The molecule has 106 valence electrons. The zero-order valence-corrected chi connectivity index (χ0v) is 12.4. The third-order valence-electron chi connectivity index (χ3n) is 5.35. The highest BCUT2D eigenvalue weighted by Crippen LogP contribution is 2.43. The predicted molar refractivity (Wildman–Crippen MR) is 78.6 cm³/mol. The van der Waals surface area contributed by atoms with Crippen LogP contribution in [0, 0.1) is 16.7 Å². The molecule has 0 aliphatic heterocycles. The lowest BCUT2D eigenvalue weighted by Crippen LogP contribution is -2.47. The first-order chi connectivity index (χ1) is 8.60. The van der Waals surface area contributed by atoms with E-state index in [0.717, 1.165) is 19.0 Å². The molecule has 0 radical (unpaired) electrons. The molecule has 0 aromatic carbocycles. The van der Waals surface area contributed by atoms with E-state index in [4.69, 9.17) is 5.73 Å². The van der Waals surface area contributed by atoms with Crippen molar-refractivity contribution in [3.05, 3.63) is 0 Å². The largest absolute Gasteiger partial charge is 0.330 e. The number of hydrogen-bond acceptors (Lipinski definition) is 2. The Balaban J connectivity index is 1.79. The number of rotatable bonds is 7. The molecule has 2 rings (SSSR count). The van der Waals surface area contributed by atoms with Gasteiger partial charge in [-0.05, 0) is 55.4 Å². The van der Waals surface area contributed by atoms with Crippen LogP contribution in [0.2, 0.25) is 0 Å². The third-order valence-corrected chi connectivity index (χ3v) is 5.35. The SMILES string of the molecule is CC(C)CC1(CNCC2(CN)CCC2)CCCC1. The van der Waals surface area contributed by atoms with E-state index in [-0.39, 0.29) is 0 Å². The first-order valence-electron chi connectivity index (χ1n) is 8.01. The maximum atomic E-state index is 5.94. The van der Waals surface area contributed by atoms with Crippen LogP contribution in [0.4, 0.5) is 0 Å². The van der Waals surface area contributed by atoms with Crippen LogP contribution in [0.1, 0.15) is 65.2 Å². The lowest BCUT2D eigenvalue weighted by molar-refractivity contribution is 0.127. The van der Waals surface area contributed by atoms with E-state index in [1.165, 1.54) is 57.9 Å². The lowest BCUT2D eigenvalue weighted by atomic mass is 9.68. The van der Waals surface area contributed by atoms with Gasteiger partial charge in [0.05, 0.1) is 0 Å². The minimum absolute atomic E-state index is 0.456. The van der Waals surface area contributed by atoms with Crippen molar-refractivity contribution in [2.75, 3.05) is 19.6 Å². The molecule has 3 N–H and O–H groups in total. The molecule has 0 aromatic heterocycles. The van der Waals surface area contributed by atoms with Gasteiger partial charge in [0.25, 0.3) is 0 Å².